The zero-order valence-electron chi connectivity index (χ0n) is 16.1. The molecular weight excluding hydrogens is 390 g/mol. The van der Waals surface area contributed by atoms with E-state index in [0.717, 1.165) is 17.4 Å². The van der Waals surface area contributed by atoms with Gasteiger partial charge in [0.1, 0.15) is 5.69 Å². The summed E-state index contributed by atoms with van der Waals surface area (Å²) in [6.45, 7) is 2.05. The smallest absolute Gasteiger partial charge is 0.272 e. The minimum absolute atomic E-state index is 0.125. The Morgan fingerprint density at radius 3 is 2.31 bits per heavy atom. The second kappa shape index (κ2) is 8.40. The Kier molecular flexibility index (Phi) is 5.93. The fourth-order valence-electron chi connectivity index (χ4n) is 2.80. The predicted octanol–water partition coefficient (Wildman–Crippen LogP) is 2.19. The van der Waals surface area contributed by atoms with Gasteiger partial charge in [-0.05, 0) is 36.2 Å². The Bertz CT molecular complexity index is 1170. The van der Waals surface area contributed by atoms with Crippen molar-refractivity contribution in [2.75, 3.05) is 6.26 Å². The average molecular weight is 411 g/mol. The molecule has 0 saturated heterocycles. The Labute approximate surface area is 168 Å². The van der Waals surface area contributed by atoms with Gasteiger partial charge in [0.05, 0.1) is 17.5 Å². The number of sulfone groups is 1. The molecule has 0 aliphatic carbocycles. The van der Waals surface area contributed by atoms with Gasteiger partial charge in [0.25, 0.3) is 11.5 Å². The van der Waals surface area contributed by atoms with E-state index >= 15 is 0 Å². The van der Waals surface area contributed by atoms with Crippen molar-refractivity contribution in [1.82, 2.24) is 15.1 Å². The molecule has 150 valence electrons. The van der Waals surface area contributed by atoms with Gasteiger partial charge in [-0.1, -0.05) is 42.5 Å². The summed E-state index contributed by atoms with van der Waals surface area (Å²) in [5, 5.41) is 6.99. The van der Waals surface area contributed by atoms with E-state index in [4.69, 9.17) is 0 Å². The Hall–Kier alpha value is -3.26. The van der Waals surface area contributed by atoms with E-state index in [1.54, 1.807) is 19.1 Å². The number of hydrogen-bond acceptors (Lipinski definition) is 5. The second-order valence-electron chi connectivity index (χ2n) is 6.74. The molecule has 1 N–H and O–H groups in total. The number of rotatable bonds is 6. The summed E-state index contributed by atoms with van der Waals surface area (Å²) in [5.74, 6) is -0.425. The lowest BCUT2D eigenvalue weighted by Crippen LogP contribution is -2.31. The number of nitrogens with zero attached hydrogens (tertiary/aromatic N) is 2. The zero-order chi connectivity index (χ0) is 21.0. The summed E-state index contributed by atoms with van der Waals surface area (Å²) in [6.07, 6.45) is 1.14. The summed E-state index contributed by atoms with van der Waals surface area (Å²) >= 11 is 0. The van der Waals surface area contributed by atoms with E-state index in [-0.39, 0.29) is 28.7 Å². The van der Waals surface area contributed by atoms with Crippen LogP contribution in [0.4, 0.5) is 0 Å². The Morgan fingerprint density at radius 2 is 1.69 bits per heavy atom. The topological polar surface area (TPSA) is 98.1 Å². The van der Waals surface area contributed by atoms with Crippen molar-refractivity contribution in [2.45, 2.75) is 24.4 Å². The van der Waals surface area contributed by atoms with Gasteiger partial charge in [0.2, 0.25) is 0 Å². The van der Waals surface area contributed by atoms with Gasteiger partial charge in [0, 0.05) is 12.3 Å². The molecule has 1 amide bonds. The molecule has 0 aliphatic rings. The van der Waals surface area contributed by atoms with Crippen LogP contribution in [0.5, 0.6) is 0 Å². The van der Waals surface area contributed by atoms with Crippen LogP contribution in [0.2, 0.25) is 0 Å². The largest absolute Gasteiger partial charge is 0.344 e. The molecule has 0 spiro atoms. The molecule has 8 heteroatoms. The van der Waals surface area contributed by atoms with Gasteiger partial charge in [-0.2, -0.15) is 5.10 Å². The van der Waals surface area contributed by atoms with Gasteiger partial charge in [-0.15, -0.1) is 0 Å². The van der Waals surface area contributed by atoms with E-state index < -0.39 is 15.7 Å². The lowest BCUT2D eigenvalue weighted by atomic mass is 10.1. The maximum atomic E-state index is 12.6. The lowest BCUT2D eigenvalue weighted by Gasteiger charge is -2.15. The van der Waals surface area contributed by atoms with Crippen molar-refractivity contribution >= 4 is 15.7 Å². The van der Waals surface area contributed by atoms with Crippen LogP contribution < -0.4 is 10.9 Å². The van der Waals surface area contributed by atoms with Gasteiger partial charge in [-0.3, -0.25) is 9.59 Å². The second-order valence-corrected chi connectivity index (χ2v) is 8.75. The summed E-state index contributed by atoms with van der Waals surface area (Å²) in [6, 6.07) is 18.0. The SMILES string of the molecule is C[C@H](NC(=O)c1ccc(=O)n(Cc2ccccc2)n1)c1ccc(S(C)(=O)=O)cc1. The van der Waals surface area contributed by atoms with Gasteiger partial charge < -0.3 is 5.32 Å². The zero-order valence-corrected chi connectivity index (χ0v) is 16.9. The molecule has 29 heavy (non-hydrogen) atoms. The Balaban J connectivity index is 1.75. The summed E-state index contributed by atoms with van der Waals surface area (Å²) in [5.41, 5.74) is 1.48. The molecule has 0 unspecified atom stereocenters. The molecular formula is C21H21N3O4S. The third-order valence-corrected chi connectivity index (χ3v) is 5.56. The highest BCUT2D eigenvalue weighted by Crippen LogP contribution is 2.16. The molecule has 2 aromatic carbocycles. The minimum Gasteiger partial charge on any atom is -0.344 e. The molecule has 7 nitrogen and oxygen atoms in total. The quantitative estimate of drug-likeness (QED) is 0.670. The van der Waals surface area contributed by atoms with Crippen LogP contribution in [0.25, 0.3) is 0 Å². The van der Waals surface area contributed by atoms with E-state index in [1.165, 1.54) is 28.9 Å². The van der Waals surface area contributed by atoms with E-state index in [0.29, 0.717) is 0 Å². The monoisotopic (exact) mass is 411 g/mol. The van der Waals surface area contributed by atoms with E-state index in [2.05, 4.69) is 10.4 Å². The van der Waals surface area contributed by atoms with Crippen LogP contribution in [0.1, 0.15) is 34.6 Å². The molecule has 1 atom stereocenters. The number of benzene rings is 2. The van der Waals surface area contributed by atoms with Crippen LogP contribution >= 0.6 is 0 Å². The van der Waals surface area contributed by atoms with Crippen LogP contribution in [-0.2, 0) is 16.4 Å². The molecule has 0 saturated carbocycles. The minimum atomic E-state index is -3.28. The first-order valence-electron chi connectivity index (χ1n) is 8.97. The standard InChI is InChI=1S/C21H21N3O4S/c1-15(17-8-10-18(11-9-17)29(2,27)28)22-21(26)19-12-13-20(25)24(23-19)14-16-6-4-3-5-7-16/h3-13,15H,14H2,1-2H3,(H,22,26)/t15-/m0/s1. The molecule has 0 aliphatic heterocycles. The highest BCUT2D eigenvalue weighted by Gasteiger charge is 2.15. The predicted molar refractivity (Wildman–Crippen MR) is 109 cm³/mol. The summed E-state index contributed by atoms with van der Waals surface area (Å²) < 4.78 is 24.4. The molecule has 3 rings (SSSR count). The van der Waals surface area contributed by atoms with E-state index in [9.17, 15) is 18.0 Å². The third-order valence-electron chi connectivity index (χ3n) is 4.43. The maximum Gasteiger partial charge on any atom is 0.272 e. The number of aromatic nitrogens is 2. The number of carbonyl (C=O) groups is 1. The van der Waals surface area contributed by atoms with Crippen molar-refractivity contribution < 1.29 is 13.2 Å². The van der Waals surface area contributed by atoms with Crippen molar-refractivity contribution in [3.8, 4) is 0 Å². The fourth-order valence-corrected chi connectivity index (χ4v) is 3.43. The fraction of sp³-hybridized carbons (Fsp3) is 0.190. The molecule has 1 aromatic heterocycles. The lowest BCUT2D eigenvalue weighted by molar-refractivity contribution is 0.0932. The number of carbonyl (C=O) groups excluding carboxylic acids is 1. The first kappa shape index (κ1) is 20.5. The summed E-state index contributed by atoms with van der Waals surface area (Å²) in [7, 11) is -3.28. The highest BCUT2D eigenvalue weighted by molar-refractivity contribution is 7.90. The number of nitrogens with one attached hydrogen (secondary N) is 1. The first-order chi connectivity index (χ1) is 13.7. The van der Waals surface area contributed by atoms with Crippen molar-refractivity contribution in [1.29, 1.82) is 0 Å². The van der Waals surface area contributed by atoms with Crippen LogP contribution in [0.15, 0.2) is 76.4 Å². The van der Waals surface area contributed by atoms with Crippen molar-refractivity contribution in [3.63, 3.8) is 0 Å². The van der Waals surface area contributed by atoms with E-state index in [1.807, 2.05) is 30.3 Å². The molecule has 0 fully saturated rings. The van der Waals surface area contributed by atoms with Gasteiger partial charge in [0.15, 0.2) is 9.84 Å². The van der Waals surface area contributed by atoms with Crippen LogP contribution in [0.3, 0.4) is 0 Å². The van der Waals surface area contributed by atoms with Crippen LogP contribution in [0, 0.1) is 0 Å². The van der Waals surface area contributed by atoms with Gasteiger partial charge in [-0.25, -0.2) is 13.1 Å². The van der Waals surface area contributed by atoms with Gasteiger partial charge >= 0.3 is 0 Å². The third kappa shape index (κ3) is 5.17. The Morgan fingerprint density at radius 1 is 1.03 bits per heavy atom. The number of hydrogen-bond donors (Lipinski definition) is 1. The summed E-state index contributed by atoms with van der Waals surface area (Å²) in [4.78, 5) is 24.9. The molecule has 3 aromatic rings. The maximum absolute atomic E-state index is 12.6. The number of amides is 1. The molecule has 0 bridgehead atoms. The molecule has 1 heterocycles. The van der Waals surface area contributed by atoms with Crippen molar-refractivity contribution in [3.05, 3.63) is 93.9 Å². The molecule has 0 radical (unpaired) electrons. The first-order valence-corrected chi connectivity index (χ1v) is 10.9. The van der Waals surface area contributed by atoms with Crippen molar-refractivity contribution in [2.24, 2.45) is 0 Å². The van der Waals surface area contributed by atoms with Crippen LogP contribution in [-0.4, -0.2) is 30.4 Å². The normalized spacial score (nSPS) is 12.3. The average Bonchev–Trinajstić information content (AvgIpc) is 2.70. The highest BCUT2D eigenvalue weighted by atomic mass is 32.2.